The van der Waals surface area contributed by atoms with Crippen LogP contribution in [-0.2, 0) is 16.1 Å². The third kappa shape index (κ3) is 2.43. The molecule has 2 heterocycles. The standard InChI is InChI=1S/C15H16N2O3/c1-9-3-4-13-16-11(6-14(18)17(13)7-9)8-20-15(19)12-5-10(12)2/h3-4,6-7,10,12H,5,8H2,1-2H3/t10-,12-/m1/s1. The van der Waals surface area contributed by atoms with Crippen molar-refractivity contribution < 1.29 is 9.53 Å². The molecule has 5 heteroatoms. The van der Waals surface area contributed by atoms with E-state index in [4.69, 9.17) is 4.74 Å². The van der Waals surface area contributed by atoms with Gasteiger partial charge in [-0.3, -0.25) is 14.0 Å². The number of hydrogen-bond donors (Lipinski definition) is 0. The highest BCUT2D eigenvalue weighted by atomic mass is 16.5. The summed E-state index contributed by atoms with van der Waals surface area (Å²) >= 11 is 0. The molecule has 0 bridgehead atoms. The SMILES string of the molecule is Cc1ccc2nc(COC(=O)[C@@H]3C[C@H]3C)cc(=O)n2c1. The van der Waals surface area contributed by atoms with Gasteiger partial charge in [0.05, 0.1) is 11.6 Å². The van der Waals surface area contributed by atoms with E-state index in [1.165, 1.54) is 10.5 Å². The van der Waals surface area contributed by atoms with Crippen molar-refractivity contribution in [2.24, 2.45) is 11.8 Å². The monoisotopic (exact) mass is 272 g/mol. The summed E-state index contributed by atoms with van der Waals surface area (Å²) in [6.07, 6.45) is 2.64. The van der Waals surface area contributed by atoms with Gasteiger partial charge in [0.1, 0.15) is 12.3 Å². The number of ether oxygens (including phenoxy) is 1. The van der Waals surface area contributed by atoms with E-state index in [9.17, 15) is 9.59 Å². The molecule has 0 spiro atoms. The molecule has 0 aliphatic heterocycles. The van der Waals surface area contributed by atoms with Crippen LogP contribution in [-0.4, -0.2) is 15.4 Å². The Balaban J connectivity index is 1.80. The smallest absolute Gasteiger partial charge is 0.309 e. The summed E-state index contributed by atoms with van der Waals surface area (Å²) in [5, 5.41) is 0. The molecule has 2 aromatic rings. The minimum absolute atomic E-state index is 0.0270. The van der Waals surface area contributed by atoms with Gasteiger partial charge in [-0.15, -0.1) is 0 Å². The number of carbonyl (C=O) groups is 1. The normalized spacial score (nSPS) is 20.9. The average Bonchev–Trinajstić information content (AvgIpc) is 3.14. The van der Waals surface area contributed by atoms with Crippen molar-refractivity contribution in [3.05, 3.63) is 46.0 Å². The Morgan fingerprint density at radius 2 is 2.25 bits per heavy atom. The van der Waals surface area contributed by atoms with Gasteiger partial charge in [0.25, 0.3) is 5.56 Å². The molecule has 5 nitrogen and oxygen atoms in total. The molecule has 0 amide bonds. The van der Waals surface area contributed by atoms with Crippen LogP contribution < -0.4 is 5.56 Å². The van der Waals surface area contributed by atoms with Crippen molar-refractivity contribution in [1.82, 2.24) is 9.38 Å². The van der Waals surface area contributed by atoms with E-state index in [1.54, 1.807) is 12.3 Å². The van der Waals surface area contributed by atoms with E-state index in [-0.39, 0.29) is 24.1 Å². The summed E-state index contributed by atoms with van der Waals surface area (Å²) in [7, 11) is 0. The first kappa shape index (κ1) is 12.8. The molecular formula is C15H16N2O3. The minimum atomic E-state index is -0.191. The Morgan fingerprint density at radius 1 is 1.50 bits per heavy atom. The molecule has 0 unspecified atom stereocenters. The van der Waals surface area contributed by atoms with Crippen molar-refractivity contribution in [2.75, 3.05) is 0 Å². The predicted molar refractivity (Wildman–Crippen MR) is 73.3 cm³/mol. The van der Waals surface area contributed by atoms with E-state index in [1.807, 2.05) is 19.9 Å². The molecule has 2 aromatic heterocycles. The lowest BCUT2D eigenvalue weighted by molar-refractivity contribution is -0.147. The Morgan fingerprint density at radius 3 is 2.95 bits per heavy atom. The van der Waals surface area contributed by atoms with Gasteiger partial charge >= 0.3 is 5.97 Å². The highest BCUT2D eigenvalue weighted by Gasteiger charge is 2.40. The molecule has 0 radical (unpaired) electrons. The summed E-state index contributed by atoms with van der Waals surface area (Å²) in [6.45, 7) is 4.00. The molecule has 0 aromatic carbocycles. The third-order valence-corrected chi connectivity index (χ3v) is 3.64. The maximum absolute atomic E-state index is 12.0. The van der Waals surface area contributed by atoms with Crippen LogP contribution in [0.4, 0.5) is 0 Å². The fourth-order valence-electron chi connectivity index (χ4n) is 2.23. The lowest BCUT2D eigenvalue weighted by Gasteiger charge is -2.06. The van der Waals surface area contributed by atoms with Crippen LogP contribution in [0.3, 0.4) is 0 Å². The maximum atomic E-state index is 12.0. The van der Waals surface area contributed by atoms with Gasteiger partial charge in [-0.25, -0.2) is 4.98 Å². The molecule has 3 rings (SSSR count). The van der Waals surface area contributed by atoms with E-state index in [2.05, 4.69) is 4.98 Å². The second kappa shape index (κ2) is 4.74. The largest absolute Gasteiger partial charge is 0.459 e. The zero-order valence-electron chi connectivity index (χ0n) is 11.5. The minimum Gasteiger partial charge on any atom is -0.459 e. The summed E-state index contributed by atoms with van der Waals surface area (Å²) in [6, 6.07) is 5.09. The average molecular weight is 272 g/mol. The van der Waals surface area contributed by atoms with Crippen LogP contribution in [0.5, 0.6) is 0 Å². The van der Waals surface area contributed by atoms with E-state index in [0.29, 0.717) is 17.3 Å². The van der Waals surface area contributed by atoms with Crippen molar-refractivity contribution in [3.63, 3.8) is 0 Å². The van der Waals surface area contributed by atoms with Gasteiger partial charge < -0.3 is 4.74 Å². The molecular weight excluding hydrogens is 256 g/mol. The van der Waals surface area contributed by atoms with Gasteiger partial charge in [-0.05, 0) is 30.9 Å². The summed E-state index contributed by atoms with van der Waals surface area (Å²) in [5.74, 6) is 0.253. The molecule has 2 atom stereocenters. The number of rotatable bonds is 3. The second-order valence-corrected chi connectivity index (χ2v) is 5.45. The molecule has 1 saturated carbocycles. The molecule has 1 fully saturated rings. The number of esters is 1. The molecule has 104 valence electrons. The van der Waals surface area contributed by atoms with Crippen molar-refractivity contribution >= 4 is 11.6 Å². The van der Waals surface area contributed by atoms with E-state index >= 15 is 0 Å². The Labute approximate surface area is 116 Å². The predicted octanol–water partition coefficient (Wildman–Crippen LogP) is 1.70. The number of hydrogen-bond acceptors (Lipinski definition) is 4. The number of carbonyl (C=O) groups excluding carboxylic acids is 1. The molecule has 1 aliphatic rings. The molecule has 0 saturated heterocycles. The number of pyridine rings is 1. The fraction of sp³-hybridized carbons (Fsp3) is 0.400. The highest BCUT2D eigenvalue weighted by molar-refractivity contribution is 5.75. The Kier molecular flexibility index (Phi) is 3.04. The maximum Gasteiger partial charge on any atom is 0.309 e. The number of aryl methyl sites for hydroxylation is 1. The van der Waals surface area contributed by atoms with Gasteiger partial charge in [0.15, 0.2) is 0 Å². The second-order valence-electron chi connectivity index (χ2n) is 5.45. The van der Waals surface area contributed by atoms with Gasteiger partial charge in [-0.2, -0.15) is 0 Å². The van der Waals surface area contributed by atoms with Crippen LogP contribution in [0.1, 0.15) is 24.6 Å². The van der Waals surface area contributed by atoms with Crippen LogP contribution in [0, 0.1) is 18.8 Å². The van der Waals surface area contributed by atoms with Crippen LogP contribution >= 0.6 is 0 Å². The topological polar surface area (TPSA) is 60.7 Å². The first-order valence-corrected chi connectivity index (χ1v) is 6.70. The lowest BCUT2D eigenvalue weighted by Crippen LogP contribution is -2.17. The molecule has 0 N–H and O–H groups in total. The highest BCUT2D eigenvalue weighted by Crippen LogP contribution is 2.38. The summed E-state index contributed by atoms with van der Waals surface area (Å²) < 4.78 is 6.69. The zero-order chi connectivity index (χ0) is 14.3. The van der Waals surface area contributed by atoms with Crippen molar-refractivity contribution in [1.29, 1.82) is 0 Å². The first-order chi connectivity index (χ1) is 9.54. The van der Waals surface area contributed by atoms with Gasteiger partial charge in [0, 0.05) is 12.3 Å². The van der Waals surface area contributed by atoms with Crippen molar-refractivity contribution in [3.8, 4) is 0 Å². The molecule has 20 heavy (non-hydrogen) atoms. The lowest BCUT2D eigenvalue weighted by atomic mass is 10.3. The van der Waals surface area contributed by atoms with Crippen molar-refractivity contribution in [2.45, 2.75) is 26.9 Å². The first-order valence-electron chi connectivity index (χ1n) is 6.70. The fourth-order valence-corrected chi connectivity index (χ4v) is 2.23. The van der Waals surface area contributed by atoms with E-state index in [0.717, 1.165) is 12.0 Å². The van der Waals surface area contributed by atoms with Crippen LogP contribution in [0.2, 0.25) is 0 Å². The Bertz CT molecular complexity index is 735. The Hall–Kier alpha value is -2.17. The quantitative estimate of drug-likeness (QED) is 0.798. The van der Waals surface area contributed by atoms with E-state index < -0.39 is 0 Å². The van der Waals surface area contributed by atoms with Gasteiger partial charge in [0.2, 0.25) is 0 Å². The van der Waals surface area contributed by atoms with Crippen LogP contribution in [0.25, 0.3) is 5.65 Å². The van der Waals surface area contributed by atoms with Gasteiger partial charge in [-0.1, -0.05) is 13.0 Å². The number of aromatic nitrogens is 2. The third-order valence-electron chi connectivity index (χ3n) is 3.64. The summed E-state index contributed by atoms with van der Waals surface area (Å²) in [4.78, 5) is 28.0. The molecule has 1 aliphatic carbocycles. The number of nitrogens with zero attached hydrogens (tertiary/aromatic N) is 2. The zero-order valence-corrected chi connectivity index (χ0v) is 11.5. The number of fused-ring (bicyclic) bond motifs is 1. The summed E-state index contributed by atoms with van der Waals surface area (Å²) in [5.41, 5.74) is 1.88. The van der Waals surface area contributed by atoms with Crippen LogP contribution in [0.15, 0.2) is 29.2 Å².